The van der Waals surface area contributed by atoms with Gasteiger partial charge in [-0.05, 0) is 51.5 Å². The Kier molecular flexibility index (Phi) is 9.63. The van der Waals surface area contributed by atoms with E-state index in [2.05, 4.69) is 10.5 Å². The topological polar surface area (TPSA) is 138 Å². The van der Waals surface area contributed by atoms with Crippen LogP contribution in [0.1, 0.15) is 92.3 Å². The van der Waals surface area contributed by atoms with E-state index in [1.54, 1.807) is 4.90 Å². The van der Waals surface area contributed by atoms with Crippen molar-refractivity contribution < 1.29 is 42.2 Å². The Labute approximate surface area is 264 Å². The van der Waals surface area contributed by atoms with Crippen LogP contribution in [0.3, 0.4) is 0 Å². The molecule has 3 aliphatic rings. The number of oxime groups is 1. The second-order valence-corrected chi connectivity index (χ2v) is 12.4. The Morgan fingerprint density at radius 1 is 1.22 bits per heavy atom. The minimum absolute atomic E-state index is 0.000833. The van der Waals surface area contributed by atoms with E-state index in [-0.39, 0.29) is 37.0 Å². The zero-order valence-corrected chi connectivity index (χ0v) is 26.3. The summed E-state index contributed by atoms with van der Waals surface area (Å²) in [7, 11) is 0. The number of pyridine rings is 1. The van der Waals surface area contributed by atoms with Gasteiger partial charge in [-0.15, -0.1) is 0 Å². The van der Waals surface area contributed by atoms with Crippen LogP contribution in [-0.2, 0) is 20.9 Å². The third kappa shape index (κ3) is 6.70. The number of hydrogen-bond acceptors (Lipinski definition) is 9. The zero-order chi connectivity index (χ0) is 33.2. The highest BCUT2D eigenvalue weighted by atomic mass is 19.1. The standard InChI is InChI=1S/C32H38F2N4O8/c1-18(2)6-5-11-43-31(42)45-17-44-28-26-30(41)37-16-25(32(10-9-20(37)4)13-19(3)36-46-32)38(26)15-23(27(28)39)29(40)35-14-21-7-8-22(33)12-24(21)34/h7-8,12,15,18,20,25H,5-6,9-11,13-14,16-17H2,1-4H3,(H,35,40)/t20-,25+,32-/m0/s1. The molecule has 248 valence electrons. The summed E-state index contributed by atoms with van der Waals surface area (Å²) in [5, 5.41) is 6.69. The van der Waals surface area contributed by atoms with Gasteiger partial charge in [-0.3, -0.25) is 14.4 Å². The third-order valence-electron chi connectivity index (χ3n) is 8.65. The predicted octanol–water partition coefficient (Wildman–Crippen LogP) is 4.70. The summed E-state index contributed by atoms with van der Waals surface area (Å²) in [6, 6.07) is 2.15. The van der Waals surface area contributed by atoms with Crippen LogP contribution in [0, 0.1) is 17.6 Å². The number of hydrogen-bond donors (Lipinski definition) is 1. The van der Waals surface area contributed by atoms with Gasteiger partial charge in [0.15, 0.2) is 11.3 Å². The summed E-state index contributed by atoms with van der Waals surface area (Å²) < 4.78 is 44.9. The Hall–Kier alpha value is -4.49. The van der Waals surface area contributed by atoms with Gasteiger partial charge in [0.05, 0.1) is 18.4 Å². The van der Waals surface area contributed by atoms with Crippen molar-refractivity contribution in [1.82, 2.24) is 14.8 Å². The first-order valence-corrected chi connectivity index (χ1v) is 15.4. The van der Waals surface area contributed by atoms with Crippen LogP contribution >= 0.6 is 0 Å². The van der Waals surface area contributed by atoms with Gasteiger partial charge in [0, 0.05) is 43.4 Å². The van der Waals surface area contributed by atoms with Crippen LogP contribution in [0.2, 0.25) is 0 Å². The summed E-state index contributed by atoms with van der Waals surface area (Å²) in [4.78, 5) is 61.0. The number of rotatable bonds is 10. The maximum atomic E-state index is 14.3. The van der Waals surface area contributed by atoms with Crippen molar-refractivity contribution in [1.29, 1.82) is 0 Å². The molecule has 46 heavy (non-hydrogen) atoms. The molecule has 1 spiro atoms. The van der Waals surface area contributed by atoms with E-state index < -0.39 is 64.8 Å². The molecule has 3 aliphatic heterocycles. The van der Waals surface area contributed by atoms with E-state index in [1.807, 2.05) is 27.7 Å². The molecule has 2 aromatic rings. The largest absolute Gasteiger partial charge is 0.511 e. The number of nitrogens with zero attached hydrogens (tertiary/aromatic N) is 3. The van der Waals surface area contributed by atoms with Crippen LogP contribution in [0.25, 0.3) is 0 Å². The van der Waals surface area contributed by atoms with Gasteiger partial charge in [-0.1, -0.05) is 25.1 Å². The maximum Gasteiger partial charge on any atom is 0.511 e. The molecule has 1 saturated heterocycles. The number of benzene rings is 1. The van der Waals surface area contributed by atoms with Crippen molar-refractivity contribution in [2.45, 2.75) is 84.0 Å². The monoisotopic (exact) mass is 644 g/mol. The van der Waals surface area contributed by atoms with Crippen molar-refractivity contribution in [3.63, 3.8) is 0 Å². The number of ether oxygens (including phenoxy) is 3. The average molecular weight is 645 g/mol. The van der Waals surface area contributed by atoms with Gasteiger partial charge >= 0.3 is 6.16 Å². The normalized spacial score (nSPS) is 21.8. The highest BCUT2D eigenvalue weighted by Gasteiger charge is 2.54. The summed E-state index contributed by atoms with van der Waals surface area (Å²) in [6.07, 6.45) is 3.35. The van der Waals surface area contributed by atoms with Crippen molar-refractivity contribution in [3.8, 4) is 5.75 Å². The lowest BCUT2D eigenvalue weighted by molar-refractivity contribution is -0.0658. The van der Waals surface area contributed by atoms with Crippen molar-refractivity contribution >= 4 is 23.7 Å². The molecule has 1 fully saturated rings. The molecule has 0 radical (unpaired) electrons. The van der Waals surface area contributed by atoms with Crippen molar-refractivity contribution in [2.24, 2.45) is 11.1 Å². The fourth-order valence-electron chi connectivity index (χ4n) is 6.17. The van der Waals surface area contributed by atoms with Crippen LogP contribution in [0.4, 0.5) is 13.6 Å². The van der Waals surface area contributed by atoms with Gasteiger partial charge < -0.3 is 33.8 Å². The maximum absolute atomic E-state index is 14.3. The summed E-state index contributed by atoms with van der Waals surface area (Å²) >= 11 is 0. The third-order valence-corrected chi connectivity index (χ3v) is 8.65. The number of aromatic nitrogens is 1. The minimum atomic E-state index is -1.02. The Bertz CT molecular complexity index is 1610. The molecule has 4 heterocycles. The molecule has 0 aliphatic carbocycles. The molecule has 2 amide bonds. The van der Waals surface area contributed by atoms with Gasteiger partial charge in [-0.25, -0.2) is 13.6 Å². The van der Waals surface area contributed by atoms with Crippen molar-refractivity contribution in [3.05, 3.63) is 63.1 Å². The Morgan fingerprint density at radius 2 is 2.00 bits per heavy atom. The molecule has 3 atom stereocenters. The first-order valence-electron chi connectivity index (χ1n) is 15.4. The fraction of sp³-hybridized carbons (Fsp3) is 0.531. The van der Waals surface area contributed by atoms with Gasteiger partial charge in [-0.2, -0.15) is 0 Å². The highest BCUT2D eigenvalue weighted by Crippen LogP contribution is 2.46. The van der Waals surface area contributed by atoms with Crippen molar-refractivity contribution in [2.75, 3.05) is 19.9 Å². The molecule has 12 nitrogen and oxygen atoms in total. The zero-order valence-electron chi connectivity index (χ0n) is 26.3. The lowest BCUT2D eigenvalue weighted by Crippen LogP contribution is -2.52. The van der Waals surface area contributed by atoms with Gasteiger partial charge in [0.1, 0.15) is 17.2 Å². The molecular formula is C32H38F2N4O8. The van der Waals surface area contributed by atoms with E-state index >= 15 is 0 Å². The smallest absolute Gasteiger partial charge is 0.451 e. The van der Waals surface area contributed by atoms with Crippen LogP contribution in [0.15, 0.2) is 34.3 Å². The number of fused-ring (bicyclic) bond motifs is 5. The van der Waals surface area contributed by atoms with Gasteiger partial charge in [0.25, 0.3) is 11.8 Å². The van der Waals surface area contributed by atoms with E-state index in [0.717, 1.165) is 18.2 Å². The number of amides is 2. The molecule has 1 N–H and O–H groups in total. The molecule has 1 aromatic heterocycles. The van der Waals surface area contributed by atoms with E-state index in [4.69, 9.17) is 19.0 Å². The molecular weight excluding hydrogens is 606 g/mol. The average Bonchev–Trinajstić information content (AvgIpc) is 3.34. The van der Waals surface area contributed by atoms with Crippen LogP contribution < -0.4 is 15.5 Å². The lowest BCUT2D eigenvalue weighted by Gasteiger charge is -2.42. The molecule has 5 rings (SSSR count). The number of carbonyl (C=O) groups is 3. The molecule has 14 heteroatoms. The molecule has 2 bridgehead atoms. The SMILES string of the molecule is CC1=NO[C@@]2(CC[C@H](C)N3C[C@H]2n2cc(C(=O)NCc4ccc(F)cc4F)c(=O)c(OCOC(=O)OCCCC(C)C)c2C3=O)C1. The Morgan fingerprint density at radius 3 is 2.70 bits per heavy atom. The second-order valence-electron chi connectivity index (χ2n) is 12.4. The quantitative estimate of drug-likeness (QED) is 0.223. The summed E-state index contributed by atoms with van der Waals surface area (Å²) in [5.41, 5.74) is -1.57. The van der Waals surface area contributed by atoms with Crippen LogP contribution in [0.5, 0.6) is 5.75 Å². The number of nitrogens with one attached hydrogen (secondary N) is 1. The van der Waals surface area contributed by atoms with Crippen LogP contribution in [-0.4, -0.2) is 64.7 Å². The highest BCUT2D eigenvalue weighted by molar-refractivity contribution is 5.99. The Balaban J connectivity index is 1.48. The van der Waals surface area contributed by atoms with Gasteiger partial charge in [0.2, 0.25) is 18.0 Å². The lowest BCUT2D eigenvalue weighted by atomic mass is 9.84. The number of halogens is 2. The number of carbonyl (C=O) groups excluding carboxylic acids is 3. The van der Waals surface area contributed by atoms with E-state index in [9.17, 15) is 28.0 Å². The van der Waals surface area contributed by atoms with E-state index in [1.165, 1.54) is 16.8 Å². The fourth-order valence-corrected chi connectivity index (χ4v) is 6.17. The minimum Gasteiger partial charge on any atom is -0.451 e. The first-order chi connectivity index (χ1) is 21.9. The molecule has 1 aromatic carbocycles. The molecule has 0 saturated carbocycles. The molecule has 0 unspecified atom stereocenters. The summed E-state index contributed by atoms with van der Waals surface area (Å²) in [6.45, 7) is 7.07. The predicted molar refractivity (Wildman–Crippen MR) is 161 cm³/mol. The first kappa shape index (κ1) is 32.9. The van der Waals surface area contributed by atoms with E-state index in [0.29, 0.717) is 37.7 Å². The second kappa shape index (κ2) is 13.5. The summed E-state index contributed by atoms with van der Waals surface area (Å²) in [5.74, 6) is -3.08.